The van der Waals surface area contributed by atoms with E-state index < -0.39 is 0 Å². The van der Waals surface area contributed by atoms with Crippen molar-refractivity contribution >= 4 is 45.0 Å². The first-order valence-corrected chi connectivity index (χ1v) is 7.90. The second kappa shape index (κ2) is 5.16. The van der Waals surface area contributed by atoms with Crippen LogP contribution in [0.15, 0.2) is 23.0 Å². The van der Waals surface area contributed by atoms with Crippen molar-refractivity contribution in [2.45, 2.75) is 6.92 Å². The smallest absolute Gasteiger partial charge is 0.269 e. The number of thiazole rings is 1. The van der Waals surface area contributed by atoms with Crippen LogP contribution in [0.4, 0.5) is 5.13 Å². The van der Waals surface area contributed by atoms with Crippen LogP contribution in [-0.2, 0) is 0 Å². The average Bonchev–Trinajstić information content (AvgIpc) is 3.07. The lowest BCUT2D eigenvalue weighted by molar-refractivity contribution is 0.102. The van der Waals surface area contributed by atoms with E-state index in [1.54, 1.807) is 16.8 Å². The van der Waals surface area contributed by atoms with Crippen LogP contribution in [0.2, 0.25) is 0 Å². The monoisotopic (exact) mass is 308 g/mol. The molecule has 0 unspecified atom stereocenters. The largest absolute Gasteiger partial charge is 0.296 e. The van der Waals surface area contributed by atoms with Crippen LogP contribution in [0.1, 0.15) is 15.4 Å². The molecule has 3 rings (SSSR count). The molecule has 0 aliphatic heterocycles. The summed E-state index contributed by atoms with van der Waals surface area (Å²) in [4.78, 5) is 18.2. The number of aryl methyl sites for hydroxylation is 1. The molecule has 5 nitrogen and oxygen atoms in total. The molecular weight excluding hydrogens is 300 g/mol. The van der Waals surface area contributed by atoms with Crippen LogP contribution in [0.5, 0.6) is 0 Å². The Kier molecular flexibility index (Phi) is 3.36. The minimum absolute atomic E-state index is 0.186. The molecule has 1 amide bonds. The first-order valence-electron chi connectivity index (χ1n) is 5.33. The van der Waals surface area contributed by atoms with Gasteiger partial charge in [0.15, 0.2) is 0 Å². The molecular formula is C11H8N4OS3. The van der Waals surface area contributed by atoms with Gasteiger partial charge in [-0.15, -0.1) is 32.9 Å². The van der Waals surface area contributed by atoms with Gasteiger partial charge in [-0.2, -0.15) is 0 Å². The summed E-state index contributed by atoms with van der Waals surface area (Å²) in [7, 11) is 0. The number of carbonyl (C=O) groups is 1. The molecule has 96 valence electrons. The molecule has 0 aliphatic carbocycles. The van der Waals surface area contributed by atoms with E-state index in [-0.39, 0.29) is 5.91 Å². The maximum absolute atomic E-state index is 12.1. The summed E-state index contributed by atoms with van der Waals surface area (Å²) < 4.78 is 0. The highest BCUT2D eigenvalue weighted by Crippen LogP contribution is 2.31. The number of hydrogen-bond donors (Lipinski definition) is 1. The molecule has 0 aliphatic rings. The van der Waals surface area contributed by atoms with E-state index in [0.29, 0.717) is 10.0 Å². The molecule has 3 aromatic rings. The summed E-state index contributed by atoms with van der Waals surface area (Å²) in [6, 6.07) is 3.97. The first-order chi connectivity index (χ1) is 9.24. The highest BCUT2D eigenvalue weighted by Gasteiger charge is 2.17. The van der Waals surface area contributed by atoms with E-state index >= 15 is 0 Å². The number of thiophene rings is 1. The minimum atomic E-state index is -0.186. The van der Waals surface area contributed by atoms with Gasteiger partial charge in [0.05, 0.1) is 10.6 Å². The third kappa shape index (κ3) is 2.55. The van der Waals surface area contributed by atoms with Gasteiger partial charge in [0, 0.05) is 0 Å². The summed E-state index contributed by atoms with van der Waals surface area (Å²) in [6.45, 7) is 1.84. The number of aromatic nitrogens is 3. The standard InChI is InChI=1S/C11H8N4OS3/c1-6-8(9(16)14-11-15-12-5-18-11)19-10(13-6)7-3-2-4-17-7/h2-5H,1H3,(H,14,15,16). The maximum Gasteiger partial charge on any atom is 0.269 e. The Balaban J connectivity index is 1.87. The summed E-state index contributed by atoms with van der Waals surface area (Å²) in [5.41, 5.74) is 2.31. The Morgan fingerprint density at radius 3 is 2.95 bits per heavy atom. The van der Waals surface area contributed by atoms with E-state index in [1.807, 2.05) is 24.4 Å². The fourth-order valence-electron chi connectivity index (χ4n) is 1.49. The molecule has 0 saturated carbocycles. The number of carbonyl (C=O) groups excluding carboxylic acids is 1. The molecule has 0 aromatic carbocycles. The Morgan fingerprint density at radius 2 is 2.26 bits per heavy atom. The van der Waals surface area contributed by atoms with E-state index in [0.717, 1.165) is 15.6 Å². The zero-order valence-electron chi connectivity index (χ0n) is 9.78. The average molecular weight is 308 g/mol. The van der Waals surface area contributed by atoms with Crippen molar-refractivity contribution in [3.8, 4) is 9.88 Å². The maximum atomic E-state index is 12.1. The molecule has 1 N–H and O–H groups in total. The number of nitrogens with zero attached hydrogens (tertiary/aromatic N) is 3. The molecule has 0 saturated heterocycles. The number of amides is 1. The Hall–Kier alpha value is -1.64. The van der Waals surface area contributed by atoms with Gasteiger partial charge >= 0.3 is 0 Å². The zero-order chi connectivity index (χ0) is 13.2. The number of nitrogens with one attached hydrogen (secondary N) is 1. The minimum Gasteiger partial charge on any atom is -0.296 e. The lowest BCUT2D eigenvalue weighted by Crippen LogP contribution is -2.11. The molecule has 0 atom stereocenters. The van der Waals surface area contributed by atoms with Crippen LogP contribution in [0.3, 0.4) is 0 Å². The zero-order valence-corrected chi connectivity index (χ0v) is 12.2. The Morgan fingerprint density at radius 1 is 1.37 bits per heavy atom. The molecule has 0 fully saturated rings. The first kappa shape index (κ1) is 12.4. The van der Waals surface area contributed by atoms with E-state index in [4.69, 9.17) is 0 Å². The van der Waals surface area contributed by atoms with Crippen molar-refractivity contribution in [2.24, 2.45) is 0 Å². The van der Waals surface area contributed by atoms with Gasteiger partial charge in [0.1, 0.15) is 15.4 Å². The van der Waals surface area contributed by atoms with Gasteiger partial charge in [0.2, 0.25) is 5.13 Å². The van der Waals surface area contributed by atoms with Crippen molar-refractivity contribution in [3.63, 3.8) is 0 Å². The predicted octanol–water partition coefficient (Wildman–Crippen LogP) is 3.28. The third-order valence-electron chi connectivity index (χ3n) is 2.32. The highest BCUT2D eigenvalue weighted by atomic mass is 32.1. The van der Waals surface area contributed by atoms with Crippen molar-refractivity contribution < 1.29 is 4.79 Å². The second-order valence-electron chi connectivity index (χ2n) is 3.61. The SMILES string of the molecule is Cc1nc(-c2cccs2)sc1C(=O)Nc1nncs1. The normalized spacial score (nSPS) is 10.6. The molecule has 0 bridgehead atoms. The Bertz CT molecular complexity index is 688. The lowest BCUT2D eigenvalue weighted by atomic mass is 10.4. The third-order valence-corrected chi connectivity index (χ3v) is 5.12. The van der Waals surface area contributed by atoms with Gasteiger partial charge in [0.25, 0.3) is 5.91 Å². The van der Waals surface area contributed by atoms with Gasteiger partial charge in [-0.25, -0.2) is 4.98 Å². The fraction of sp³-hybridized carbons (Fsp3) is 0.0909. The summed E-state index contributed by atoms with van der Waals surface area (Å²) in [6.07, 6.45) is 0. The summed E-state index contributed by atoms with van der Waals surface area (Å²) >= 11 is 4.29. The highest BCUT2D eigenvalue weighted by molar-refractivity contribution is 7.22. The number of rotatable bonds is 3. The van der Waals surface area contributed by atoms with Gasteiger partial charge < -0.3 is 0 Å². The van der Waals surface area contributed by atoms with Crippen molar-refractivity contribution in [1.82, 2.24) is 15.2 Å². The molecule has 3 aromatic heterocycles. The summed E-state index contributed by atoms with van der Waals surface area (Å²) in [5, 5.41) is 13.5. The quantitative estimate of drug-likeness (QED) is 0.806. The van der Waals surface area contributed by atoms with Crippen LogP contribution in [0, 0.1) is 6.92 Å². The fourth-order valence-corrected chi connectivity index (χ4v) is 3.69. The molecule has 8 heteroatoms. The number of anilines is 1. The van der Waals surface area contributed by atoms with E-state index in [9.17, 15) is 4.79 Å². The molecule has 0 radical (unpaired) electrons. The van der Waals surface area contributed by atoms with Crippen molar-refractivity contribution in [1.29, 1.82) is 0 Å². The lowest BCUT2D eigenvalue weighted by Gasteiger charge is -1.97. The van der Waals surface area contributed by atoms with Crippen molar-refractivity contribution in [3.05, 3.63) is 33.6 Å². The Labute approximate surface area is 121 Å². The predicted molar refractivity (Wildman–Crippen MR) is 78.0 cm³/mol. The molecule has 3 heterocycles. The van der Waals surface area contributed by atoms with Gasteiger partial charge in [-0.05, 0) is 18.4 Å². The number of hydrogen-bond acceptors (Lipinski definition) is 7. The van der Waals surface area contributed by atoms with Crippen LogP contribution in [0.25, 0.3) is 9.88 Å². The van der Waals surface area contributed by atoms with Crippen molar-refractivity contribution in [2.75, 3.05) is 5.32 Å². The van der Waals surface area contributed by atoms with Crippen LogP contribution >= 0.6 is 34.0 Å². The summed E-state index contributed by atoms with van der Waals surface area (Å²) in [5.74, 6) is -0.186. The van der Waals surface area contributed by atoms with Crippen LogP contribution in [-0.4, -0.2) is 21.1 Å². The van der Waals surface area contributed by atoms with Crippen LogP contribution < -0.4 is 5.32 Å². The van der Waals surface area contributed by atoms with E-state index in [1.165, 1.54) is 22.7 Å². The van der Waals surface area contributed by atoms with Gasteiger partial charge in [-0.3, -0.25) is 10.1 Å². The molecule has 0 spiro atoms. The molecule has 19 heavy (non-hydrogen) atoms. The topological polar surface area (TPSA) is 67.8 Å². The van der Waals surface area contributed by atoms with Gasteiger partial charge in [-0.1, -0.05) is 17.4 Å². The second-order valence-corrected chi connectivity index (χ2v) is 6.39. The van der Waals surface area contributed by atoms with E-state index in [2.05, 4.69) is 20.5 Å².